The van der Waals surface area contributed by atoms with Gasteiger partial charge in [0.2, 0.25) is 5.91 Å². The Balaban J connectivity index is 1.63. The minimum atomic E-state index is 0.298. The van der Waals surface area contributed by atoms with Crippen LogP contribution in [0.4, 0.5) is 0 Å². The first-order valence-electron chi connectivity index (χ1n) is 7.39. The van der Waals surface area contributed by atoms with Crippen molar-refractivity contribution < 1.29 is 4.79 Å². The zero-order valence-corrected chi connectivity index (χ0v) is 11.7. The molecule has 1 amide bonds. The summed E-state index contributed by atoms with van der Waals surface area (Å²) >= 11 is 0. The highest BCUT2D eigenvalue weighted by atomic mass is 16.2. The first kappa shape index (κ1) is 14.3. The average Bonchev–Trinajstić information content (AvgIpc) is 2.96. The Labute approximate surface area is 115 Å². The fraction of sp³-hybridized carbons (Fsp3) is 0.857. The molecule has 0 aromatic heterocycles. The van der Waals surface area contributed by atoms with Gasteiger partial charge in [0.25, 0.3) is 0 Å². The first-order chi connectivity index (χ1) is 9.29. The molecule has 2 rings (SSSR count). The predicted molar refractivity (Wildman–Crippen MR) is 73.5 cm³/mol. The fourth-order valence-corrected chi connectivity index (χ4v) is 2.85. The molecule has 0 aromatic carbocycles. The van der Waals surface area contributed by atoms with Gasteiger partial charge in [-0.3, -0.25) is 9.69 Å². The van der Waals surface area contributed by atoms with E-state index in [0.717, 1.165) is 52.4 Å². The lowest BCUT2D eigenvalue weighted by molar-refractivity contribution is -0.133. The van der Waals surface area contributed by atoms with E-state index in [-0.39, 0.29) is 0 Å². The molecule has 0 N–H and O–H groups in total. The van der Waals surface area contributed by atoms with Crippen LogP contribution in [0.3, 0.4) is 0 Å². The molecule has 0 unspecified atom stereocenters. The maximum Gasteiger partial charge on any atom is 0.223 e. The first-order valence-corrected chi connectivity index (χ1v) is 7.39. The largest absolute Gasteiger partial charge is 0.340 e. The van der Waals surface area contributed by atoms with Crippen molar-refractivity contribution in [3.63, 3.8) is 0 Å². The summed E-state index contributed by atoms with van der Waals surface area (Å²) in [5.74, 6) is 0.298. The number of likely N-dealkylation sites (tertiary alicyclic amines) is 1. The van der Waals surface area contributed by atoms with Crippen LogP contribution in [0.2, 0.25) is 0 Å². The van der Waals surface area contributed by atoms with Crippen LogP contribution in [0.15, 0.2) is 0 Å². The summed E-state index contributed by atoms with van der Waals surface area (Å²) < 4.78 is 0. The fourth-order valence-electron chi connectivity index (χ4n) is 2.85. The highest BCUT2D eigenvalue weighted by Crippen LogP contribution is 2.09. The Morgan fingerprint density at radius 1 is 0.947 bits per heavy atom. The quantitative estimate of drug-likeness (QED) is 0.727. The van der Waals surface area contributed by atoms with Gasteiger partial charge in [-0.2, -0.15) is 5.26 Å². The molecule has 2 fully saturated rings. The van der Waals surface area contributed by atoms with Crippen LogP contribution < -0.4 is 0 Å². The molecule has 0 spiro atoms. The third-order valence-corrected chi connectivity index (χ3v) is 4.11. The van der Waals surface area contributed by atoms with Crippen molar-refractivity contribution in [1.82, 2.24) is 14.7 Å². The van der Waals surface area contributed by atoms with Crippen LogP contribution in [0.1, 0.15) is 25.7 Å². The minimum absolute atomic E-state index is 0.298. The van der Waals surface area contributed by atoms with Gasteiger partial charge in [0.1, 0.15) is 0 Å². The molecule has 2 saturated heterocycles. The summed E-state index contributed by atoms with van der Waals surface area (Å²) in [5.41, 5.74) is 0. The van der Waals surface area contributed by atoms with E-state index in [9.17, 15) is 4.79 Å². The molecule has 2 heterocycles. The standard InChI is InChI=1S/C14H24N4O/c15-5-3-8-17-10-12-18(13-11-17)14(19)4-9-16-6-1-2-7-16/h1-4,6-13H2. The molecule has 5 nitrogen and oxygen atoms in total. The van der Waals surface area contributed by atoms with Crippen molar-refractivity contribution in [3.8, 4) is 6.07 Å². The van der Waals surface area contributed by atoms with Crippen LogP contribution >= 0.6 is 0 Å². The molecule has 0 radical (unpaired) electrons. The molecular formula is C14H24N4O. The van der Waals surface area contributed by atoms with Crippen LogP contribution in [-0.2, 0) is 4.79 Å². The molecular weight excluding hydrogens is 240 g/mol. The van der Waals surface area contributed by atoms with Crippen molar-refractivity contribution in [2.24, 2.45) is 0 Å². The molecule has 106 valence electrons. The topological polar surface area (TPSA) is 50.6 Å². The van der Waals surface area contributed by atoms with Crippen molar-refractivity contribution in [2.75, 3.05) is 52.4 Å². The normalized spacial score (nSPS) is 21.5. The highest BCUT2D eigenvalue weighted by molar-refractivity contribution is 5.76. The molecule has 0 aromatic rings. The maximum atomic E-state index is 12.1. The molecule has 2 aliphatic heterocycles. The van der Waals surface area contributed by atoms with Crippen molar-refractivity contribution >= 4 is 5.91 Å². The zero-order chi connectivity index (χ0) is 13.5. The van der Waals surface area contributed by atoms with E-state index < -0.39 is 0 Å². The van der Waals surface area contributed by atoms with E-state index in [0.29, 0.717) is 18.7 Å². The Bertz CT molecular complexity index is 325. The zero-order valence-electron chi connectivity index (χ0n) is 11.7. The SMILES string of the molecule is N#CCCN1CCN(C(=O)CCN2CCCC2)CC1. The van der Waals surface area contributed by atoms with E-state index in [1.54, 1.807) is 0 Å². The van der Waals surface area contributed by atoms with Crippen molar-refractivity contribution in [2.45, 2.75) is 25.7 Å². The van der Waals surface area contributed by atoms with Gasteiger partial charge < -0.3 is 9.80 Å². The highest BCUT2D eigenvalue weighted by Gasteiger charge is 2.21. The number of nitriles is 1. The number of amides is 1. The molecule has 0 bridgehead atoms. The Hall–Kier alpha value is -1.12. The Morgan fingerprint density at radius 2 is 1.58 bits per heavy atom. The summed E-state index contributed by atoms with van der Waals surface area (Å²) in [7, 11) is 0. The van der Waals surface area contributed by atoms with Gasteiger partial charge in [0.15, 0.2) is 0 Å². The summed E-state index contributed by atoms with van der Waals surface area (Å²) in [6.07, 6.45) is 3.82. The van der Waals surface area contributed by atoms with Gasteiger partial charge in [-0.1, -0.05) is 0 Å². The average molecular weight is 264 g/mol. The maximum absolute atomic E-state index is 12.1. The molecule has 0 aliphatic carbocycles. The number of carbonyl (C=O) groups excluding carboxylic acids is 1. The molecule has 0 atom stereocenters. The lowest BCUT2D eigenvalue weighted by atomic mass is 10.2. The Morgan fingerprint density at radius 3 is 2.21 bits per heavy atom. The summed E-state index contributed by atoms with van der Waals surface area (Å²) in [5, 5.41) is 8.57. The number of hydrogen-bond acceptors (Lipinski definition) is 4. The Kier molecular flexibility index (Phi) is 5.62. The number of rotatable bonds is 5. The lowest BCUT2D eigenvalue weighted by Gasteiger charge is -2.34. The van der Waals surface area contributed by atoms with Gasteiger partial charge in [0, 0.05) is 52.1 Å². The second-order valence-electron chi connectivity index (χ2n) is 5.43. The molecule has 2 aliphatic rings. The van der Waals surface area contributed by atoms with E-state index in [2.05, 4.69) is 15.9 Å². The molecule has 0 saturated carbocycles. The summed E-state index contributed by atoms with van der Waals surface area (Å²) in [6.45, 7) is 7.56. The number of nitrogens with zero attached hydrogens (tertiary/aromatic N) is 4. The second-order valence-corrected chi connectivity index (χ2v) is 5.43. The van der Waals surface area contributed by atoms with Crippen molar-refractivity contribution in [1.29, 1.82) is 5.26 Å². The number of hydrogen-bond donors (Lipinski definition) is 0. The van der Waals surface area contributed by atoms with Gasteiger partial charge in [-0.25, -0.2) is 0 Å². The van der Waals surface area contributed by atoms with Crippen molar-refractivity contribution in [3.05, 3.63) is 0 Å². The minimum Gasteiger partial charge on any atom is -0.340 e. The smallest absolute Gasteiger partial charge is 0.223 e. The number of piperazine rings is 1. The third kappa shape index (κ3) is 4.48. The van der Waals surface area contributed by atoms with Gasteiger partial charge in [0.05, 0.1) is 6.07 Å². The van der Waals surface area contributed by atoms with Gasteiger partial charge >= 0.3 is 0 Å². The van der Waals surface area contributed by atoms with Crippen LogP contribution in [-0.4, -0.2) is 73.0 Å². The van der Waals surface area contributed by atoms with Crippen LogP contribution in [0.25, 0.3) is 0 Å². The third-order valence-electron chi connectivity index (χ3n) is 4.11. The van der Waals surface area contributed by atoms with Crippen LogP contribution in [0, 0.1) is 11.3 Å². The summed E-state index contributed by atoms with van der Waals surface area (Å²) in [4.78, 5) is 18.8. The summed E-state index contributed by atoms with van der Waals surface area (Å²) in [6, 6.07) is 2.17. The van der Waals surface area contributed by atoms with E-state index in [4.69, 9.17) is 5.26 Å². The van der Waals surface area contributed by atoms with Gasteiger partial charge in [-0.15, -0.1) is 0 Å². The second kappa shape index (κ2) is 7.46. The van der Waals surface area contributed by atoms with E-state index >= 15 is 0 Å². The van der Waals surface area contributed by atoms with E-state index in [1.807, 2.05) is 4.90 Å². The van der Waals surface area contributed by atoms with Crippen LogP contribution in [0.5, 0.6) is 0 Å². The lowest BCUT2D eigenvalue weighted by Crippen LogP contribution is -2.49. The van der Waals surface area contributed by atoms with E-state index in [1.165, 1.54) is 12.8 Å². The molecule has 19 heavy (non-hydrogen) atoms. The predicted octanol–water partition coefficient (Wildman–Crippen LogP) is 0.530. The molecule has 5 heteroatoms. The monoisotopic (exact) mass is 264 g/mol. The number of carbonyl (C=O) groups is 1. The van der Waals surface area contributed by atoms with Gasteiger partial charge in [-0.05, 0) is 25.9 Å².